The summed E-state index contributed by atoms with van der Waals surface area (Å²) in [6, 6.07) is 11.6. The lowest BCUT2D eigenvalue weighted by molar-refractivity contribution is 0.243. The van der Waals surface area contributed by atoms with Crippen LogP contribution in [0.1, 0.15) is 37.8 Å². The highest BCUT2D eigenvalue weighted by Crippen LogP contribution is 2.25. The van der Waals surface area contributed by atoms with E-state index in [0.29, 0.717) is 12.5 Å². The van der Waals surface area contributed by atoms with E-state index in [-0.39, 0.29) is 12.1 Å². The van der Waals surface area contributed by atoms with Crippen molar-refractivity contribution in [3.8, 4) is 11.3 Å². The molecule has 0 aliphatic carbocycles. The number of benzene rings is 1. The van der Waals surface area contributed by atoms with Crippen LogP contribution >= 0.6 is 11.5 Å². The third-order valence-electron chi connectivity index (χ3n) is 4.54. The molecule has 0 spiro atoms. The first-order chi connectivity index (χ1) is 13.1. The number of hydrogen-bond donors (Lipinski definition) is 2. The van der Waals surface area contributed by atoms with Crippen molar-refractivity contribution in [2.24, 2.45) is 0 Å². The minimum Gasteiger partial charge on any atom is -0.333 e. The van der Waals surface area contributed by atoms with Gasteiger partial charge in [0.25, 0.3) is 0 Å². The maximum Gasteiger partial charge on any atom is 0.320 e. The van der Waals surface area contributed by atoms with Crippen LogP contribution in [0.4, 0.5) is 9.80 Å². The number of fused-ring (bicyclic) bond motifs is 1. The van der Waals surface area contributed by atoms with Gasteiger partial charge in [0.2, 0.25) is 0 Å². The molecular weight excluding hydrogens is 360 g/mol. The molecule has 3 aromatic rings. The summed E-state index contributed by atoms with van der Waals surface area (Å²) in [4.78, 5) is 16.9. The molecule has 0 fully saturated rings. The van der Waals surface area contributed by atoms with Crippen molar-refractivity contribution in [2.75, 3.05) is 5.32 Å². The number of nitrogens with zero attached hydrogens (tertiary/aromatic N) is 4. The average molecular weight is 382 g/mol. The Labute approximate surface area is 162 Å². The van der Waals surface area contributed by atoms with E-state index in [4.69, 9.17) is 0 Å². The molecule has 2 amide bonds. The fourth-order valence-corrected chi connectivity index (χ4v) is 3.76. The summed E-state index contributed by atoms with van der Waals surface area (Å²) in [7, 11) is 0. The average Bonchev–Trinajstić information content (AvgIpc) is 3.29. The normalized spacial score (nSPS) is 16.2. The second kappa shape index (κ2) is 7.48. The summed E-state index contributed by atoms with van der Waals surface area (Å²) in [5.41, 5.74) is 1.90. The summed E-state index contributed by atoms with van der Waals surface area (Å²) in [5.74, 6) is 2.18. The van der Waals surface area contributed by atoms with Gasteiger partial charge in [0, 0.05) is 24.0 Å². The molecule has 1 atom stereocenters. The molecule has 0 bridgehead atoms. The van der Waals surface area contributed by atoms with Gasteiger partial charge in [-0.25, -0.2) is 14.5 Å². The highest BCUT2D eigenvalue weighted by Gasteiger charge is 2.23. The van der Waals surface area contributed by atoms with Crippen molar-refractivity contribution in [1.29, 1.82) is 0 Å². The third kappa shape index (κ3) is 4.00. The number of amides is 2. The van der Waals surface area contributed by atoms with Crippen molar-refractivity contribution in [2.45, 2.75) is 45.2 Å². The Morgan fingerprint density at radius 1 is 1.30 bits per heavy atom. The zero-order valence-electron chi connectivity index (χ0n) is 15.3. The van der Waals surface area contributed by atoms with Gasteiger partial charge in [-0.3, -0.25) is 5.32 Å². The molecule has 0 saturated carbocycles. The monoisotopic (exact) mass is 382 g/mol. The molecule has 2 aromatic heterocycles. The Kier molecular flexibility index (Phi) is 4.89. The minimum atomic E-state index is -0.212. The molecule has 0 saturated heterocycles. The summed E-state index contributed by atoms with van der Waals surface area (Å²) < 4.78 is 6.33. The first-order valence-corrected chi connectivity index (χ1v) is 9.89. The fourth-order valence-electron chi connectivity index (χ4n) is 3.10. The van der Waals surface area contributed by atoms with Crippen molar-refractivity contribution in [1.82, 2.24) is 24.5 Å². The molecule has 1 aliphatic heterocycles. The summed E-state index contributed by atoms with van der Waals surface area (Å²) in [5, 5.41) is 11.2. The predicted molar refractivity (Wildman–Crippen MR) is 106 cm³/mol. The van der Waals surface area contributed by atoms with E-state index in [1.165, 1.54) is 11.5 Å². The molecule has 4 rings (SSSR count). The molecule has 0 radical (unpaired) electrons. The Balaban J connectivity index is 1.35. The van der Waals surface area contributed by atoms with Crippen LogP contribution in [-0.4, -0.2) is 31.2 Å². The number of carbonyl (C=O) groups excluding carboxylic acids is 1. The van der Waals surface area contributed by atoms with E-state index in [0.717, 1.165) is 40.7 Å². The Morgan fingerprint density at radius 3 is 2.89 bits per heavy atom. The molecule has 27 heavy (non-hydrogen) atoms. The molecule has 140 valence electrons. The van der Waals surface area contributed by atoms with Gasteiger partial charge in [-0.15, -0.1) is 0 Å². The maximum absolute atomic E-state index is 12.4. The number of nitrogens with one attached hydrogen (secondary N) is 2. The number of aryl methyl sites for hydroxylation is 1. The largest absolute Gasteiger partial charge is 0.333 e. The fraction of sp³-hybridized carbons (Fsp3) is 0.368. The van der Waals surface area contributed by atoms with Crippen LogP contribution in [0.25, 0.3) is 11.3 Å². The van der Waals surface area contributed by atoms with E-state index in [1.807, 2.05) is 41.1 Å². The van der Waals surface area contributed by atoms with E-state index in [9.17, 15) is 4.79 Å². The van der Waals surface area contributed by atoms with Gasteiger partial charge in [0.1, 0.15) is 10.8 Å². The van der Waals surface area contributed by atoms with Crippen LogP contribution in [-0.2, 0) is 13.0 Å². The molecular formula is C19H22N6OS. The SMILES string of the molecule is CC(C)c1nc2n(n1)CC(NC(=O)Nc1cc(-c3ccccc3)ns1)CC2. The second-order valence-electron chi connectivity index (χ2n) is 7.00. The number of urea groups is 1. The van der Waals surface area contributed by atoms with Crippen LogP contribution in [0.3, 0.4) is 0 Å². The van der Waals surface area contributed by atoms with Crippen LogP contribution in [0.15, 0.2) is 36.4 Å². The van der Waals surface area contributed by atoms with Crippen molar-refractivity contribution < 1.29 is 4.79 Å². The molecule has 1 unspecified atom stereocenters. The van der Waals surface area contributed by atoms with Gasteiger partial charge in [-0.2, -0.15) is 9.47 Å². The first-order valence-electron chi connectivity index (χ1n) is 9.12. The number of rotatable bonds is 4. The van der Waals surface area contributed by atoms with Crippen molar-refractivity contribution >= 4 is 22.6 Å². The highest BCUT2D eigenvalue weighted by molar-refractivity contribution is 7.10. The Morgan fingerprint density at radius 2 is 2.11 bits per heavy atom. The van der Waals surface area contributed by atoms with E-state index in [2.05, 4.69) is 38.9 Å². The zero-order chi connectivity index (χ0) is 18.8. The first kappa shape index (κ1) is 17.7. The smallest absolute Gasteiger partial charge is 0.320 e. The summed E-state index contributed by atoms with van der Waals surface area (Å²) >= 11 is 1.28. The van der Waals surface area contributed by atoms with E-state index >= 15 is 0 Å². The lowest BCUT2D eigenvalue weighted by Gasteiger charge is -2.23. The molecule has 2 N–H and O–H groups in total. The van der Waals surface area contributed by atoms with E-state index in [1.54, 1.807) is 0 Å². The van der Waals surface area contributed by atoms with Crippen LogP contribution in [0, 0.1) is 0 Å². The van der Waals surface area contributed by atoms with Gasteiger partial charge in [-0.1, -0.05) is 44.2 Å². The lowest BCUT2D eigenvalue weighted by Crippen LogP contribution is -2.43. The molecule has 7 nitrogen and oxygen atoms in total. The predicted octanol–water partition coefficient (Wildman–Crippen LogP) is 3.66. The van der Waals surface area contributed by atoms with Gasteiger partial charge in [0.15, 0.2) is 5.82 Å². The topological polar surface area (TPSA) is 84.7 Å². The van der Waals surface area contributed by atoms with Gasteiger partial charge >= 0.3 is 6.03 Å². The third-order valence-corrected chi connectivity index (χ3v) is 5.25. The quantitative estimate of drug-likeness (QED) is 0.721. The number of aromatic nitrogens is 4. The summed E-state index contributed by atoms with van der Waals surface area (Å²) in [6.07, 6.45) is 1.69. The van der Waals surface area contributed by atoms with Gasteiger partial charge in [-0.05, 0) is 18.0 Å². The van der Waals surface area contributed by atoms with Crippen molar-refractivity contribution in [3.63, 3.8) is 0 Å². The number of carbonyl (C=O) groups is 1. The Bertz CT molecular complexity index is 933. The van der Waals surface area contributed by atoms with Gasteiger partial charge < -0.3 is 5.32 Å². The number of hydrogen-bond acceptors (Lipinski definition) is 5. The molecule has 8 heteroatoms. The van der Waals surface area contributed by atoms with Crippen molar-refractivity contribution in [3.05, 3.63) is 48.0 Å². The second-order valence-corrected chi connectivity index (χ2v) is 7.80. The van der Waals surface area contributed by atoms with Gasteiger partial charge in [0.05, 0.1) is 18.3 Å². The van der Waals surface area contributed by atoms with E-state index < -0.39 is 0 Å². The Hall–Kier alpha value is -2.74. The van der Waals surface area contributed by atoms with Crippen LogP contribution in [0.5, 0.6) is 0 Å². The van der Waals surface area contributed by atoms with Crippen LogP contribution < -0.4 is 10.6 Å². The lowest BCUT2D eigenvalue weighted by atomic mass is 10.1. The molecule has 1 aromatic carbocycles. The standard InChI is InChI=1S/C19H22N6OS/c1-12(2)18-21-16-9-8-14(11-25(16)23-18)20-19(26)22-17-10-15(24-27-17)13-6-4-3-5-7-13/h3-7,10,12,14H,8-9,11H2,1-2H3,(H2,20,22,26). The zero-order valence-corrected chi connectivity index (χ0v) is 16.2. The molecule has 1 aliphatic rings. The summed E-state index contributed by atoms with van der Waals surface area (Å²) in [6.45, 7) is 4.83. The minimum absolute atomic E-state index is 0.0423. The maximum atomic E-state index is 12.4. The highest BCUT2D eigenvalue weighted by atomic mass is 32.1. The number of anilines is 1. The molecule has 3 heterocycles. The van der Waals surface area contributed by atoms with Crippen LogP contribution in [0.2, 0.25) is 0 Å².